The summed E-state index contributed by atoms with van der Waals surface area (Å²) in [6.45, 7) is 3.49. The number of nitrogens with zero attached hydrogens (tertiary/aromatic N) is 3. The second-order valence-electron chi connectivity index (χ2n) is 6.02. The number of nitrogens with one attached hydrogen (secondary N) is 2. The maximum atomic E-state index is 12.5. The molecule has 0 aliphatic carbocycles. The number of fused-ring (bicyclic) bond motifs is 1. The first kappa shape index (κ1) is 15.7. The van der Waals surface area contributed by atoms with Crippen molar-refractivity contribution in [3.05, 3.63) is 17.5 Å². The summed E-state index contributed by atoms with van der Waals surface area (Å²) >= 11 is 5.13. The molecule has 0 radical (unpaired) electrons. The van der Waals surface area contributed by atoms with Crippen molar-refractivity contribution in [1.29, 1.82) is 0 Å². The molecule has 0 unspecified atom stereocenters. The first-order chi connectivity index (χ1) is 10.9. The van der Waals surface area contributed by atoms with Crippen LogP contribution in [0.3, 0.4) is 0 Å². The lowest BCUT2D eigenvalue weighted by atomic mass is 10.0. The monoisotopic (exact) mass is 337 g/mol. The molecule has 0 bridgehead atoms. The first-order valence-electron chi connectivity index (χ1n) is 7.57. The van der Waals surface area contributed by atoms with Crippen molar-refractivity contribution in [3.8, 4) is 0 Å². The minimum atomic E-state index is -1.05. The fourth-order valence-corrected chi connectivity index (χ4v) is 3.42. The van der Waals surface area contributed by atoms with Crippen molar-refractivity contribution >= 4 is 29.2 Å². The Labute approximate surface area is 138 Å². The van der Waals surface area contributed by atoms with Gasteiger partial charge < -0.3 is 20.6 Å². The van der Waals surface area contributed by atoms with Crippen molar-refractivity contribution < 1.29 is 14.7 Å². The largest absolute Gasteiger partial charge is 0.476 e. The molecule has 2 aliphatic rings. The predicted octanol–water partition coefficient (Wildman–Crippen LogP) is -0.0615. The number of amides is 1. The molecule has 2 aliphatic heterocycles. The average Bonchev–Trinajstić information content (AvgIpc) is 2.89. The molecule has 3 N–H and O–H groups in total. The SMILES string of the molecule is C[C@@H]1C[C@@H](CC(=O)N2CCn3nc(C(=O)O)cc3C2)NC(=S)N1. The number of aromatic carboxylic acids is 1. The average molecular weight is 337 g/mol. The summed E-state index contributed by atoms with van der Waals surface area (Å²) < 4.78 is 1.66. The molecular formula is C14H19N5O3S. The maximum absolute atomic E-state index is 12.5. The van der Waals surface area contributed by atoms with Gasteiger partial charge in [-0.1, -0.05) is 0 Å². The Morgan fingerprint density at radius 3 is 2.91 bits per heavy atom. The minimum Gasteiger partial charge on any atom is -0.476 e. The third-order valence-corrected chi connectivity index (χ3v) is 4.38. The number of carboxylic acid groups (broad SMARTS) is 1. The summed E-state index contributed by atoms with van der Waals surface area (Å²) in [4.78, 5) is 25.2. The fourth-order valence-electron chi connectivity index (χ4n) is 3.05. The van der Waals surface area contributed by atoms with E-state index in [0.717, 1.165) is 12.1 Å². The third kappa shape index (κ3) is 3.44. The van der Waals surface area contributed by atoms with E-state index in [-0.39, 0.29) is 23.7 Å². The fraction of sp³-hybridized carbons (Fsp3) is 0.571. The number of thiocarbonyl (C=S) groups is 1. The van der Waals surface area contributed by atoms with Gasteiger partial charge in [0.05, 0.1) is 18.8 Å². The zero-order chi connectivity index (χ0) is 16.6. The van der Waals surface area contributed by atoms with E-state index < -0.39 is 5.97 Å². The second-order valence-corrected chi connectivity index (χ2v) is 6.43. The molecule has 0 aromatic carbocycles. The van der Waals surface area contributed by atoms with Gasteiger partial charge in [0.2, 0.25) is 5.91 Å². The van der Waals surface area contributed by atoms with Crippen molar-refractivity contribution in [3.63, 3.8) is 0 Å². The Kier molecular flexibility index (Phi) is 4.20. The first-order valence-corrected chi connectivity index (χ1v) is 7.98. The molecule has 3 heterocycles. The van der Waals surface area contributed by atoms with Gasteiger partial charge in [0, 0.05) is 25.0 Å². The van der Waals surface area contributed by atoms with Crippen LogP contribution >= 0.6 is 12.2 Å². The molecule has 2 atom stereocenters. The van der Waals surface area contributed by atoms with E-state index in [4.69, 9.17) is 17.3 Å². The number of hydrogen-bond acceptors (Lipinski definition) is 4. The Bertz CT molecular complexity index is 659. The minimum absolute atomic E-state index is 0.0218. The normalized spacial score (nSPS) is 23.7. The summed E-state index contributed by atoms with van der Waals surface area (Å²) in [7, 11) is 0. The van der Waals surface area contributed by atoms with E-state index in [1.807, 2.05) is 6.92 Å². The van der Waals surface area contributed by atoms with Crippen LogP contribution in [0.25, 0.3) is 0 Å². The van der Waals surface area contributed by atoms with Gasteiger partial charge in [-0.3, -0.25) is 9.48 Å². The highest BCUT2D eigenvalue weighted by Gasteiger charge is 2.28. The van der Waals surface area contributed by atoms with Crippen LogP contribution in [0.1, 0.15) is 35.9 Å². The molecule has 9 heteroatoms. The molecule has 1 amide bonds. The molecule has 3 rings (SSSR count). The van der Waals surface area contributed by atoms with E-state index in [1.54, 1.807) is 9.58 Å². The molecule has 23 heavy (non-hydrogen) atoms. The third-order valence-electron chi connectivity index (χ3n) is 4.14. The van der Waals surface area contributed by atoms with Crippen LogP contribution in [-0.4, -0.2) is 55.4 Å². The number of rotatable bonds is 3. The Morgan fingerprint density at radius 1 is 1.43 bits per heavy atom. The van der Waals surface area contributed by atoms with E-state index in [2.05, 4.69) is 15.7 Å². The lowest BCUT2D eigenvalue weighted by Crippen LogP contribution is -2.54. The lowest BCUT2D eigenvalue weighted by Gasteiger charge is -2.33. The van der Waals surface area contributed by atoms with Crippen molar-refractivity contribution in [2.45, 2.75) is 44.9 Å². The van der Waals surface area contributed by atoms with Gasteiger partial charge in [-0.25, -0.2) is 4.79 Å². The highest BCUT2D eigenvalue weighted by molar-refractivity contribution is 7.80. The molecular weight excluding hydrogens is 318 g/mol. The van der Waals surface area contributed by atoms with Crippen LogP contribution in [-0.2, 0) is 17.9 Å². The van der Waals surface area contributed by atoms with Gasteiger partial charge in [0.1, 0.15) is 0 Å². The topological polar surface area (TPSA) is 99.5 Å². The van der Waals surface area contributed by atoms with Crippen molar-refractivity contribution in [1.82, 2.24) is 25.3 Å². The quantitative estimate of drug-likeness (QED) is 0.664. The van der Waals surface area contributed by atoms with Gasteiger partial charge in [-0.15, -0.1) is 0 Å². The van der Waals surface area contributed by atoms with Gasteiger partial charge in [-0.2, -0.15) is 5.10 Å². The molecule has 1 saturated heterocycles. The van der Waals surface area contributed by atoms with Gasteiger partial charge >= 0.3 is 5.97 Å². The van der Waals surface area contributed by atoms with Gasteiger partial charge in [0.25, 0.3) is 0 Å². The Morgan fingerprint density at radius 2 is 2.22 bits per heavy atom. The van der Waals surface area contributed by atoms with Crippen LogP contribution in [0.2, 0.25) is 0 Å². The number of carboxylic acids is 1. The summed E-state index contributed by atoms with van der Waals surface area (Å²) in [5.74, 6) is -1.00. The zero-order valence-corrected chi connectivity index (χ0v) is 13.6. The summed E-state index contributed by atoms with van der Waals surface area (Å²) in [5, 5.41) is 19.8. The molecule has 1 aromatic heterocycles. The van der Waals surface area contributed by atoms with Crippen molar-refractivity contribution in [2.75, 3.05) is 6.54 Å². The molecule has 0 spiro atoms. The molecule has 1 aromatic rings. The van der Waals surface area contributed by atoms with Crippen LogP contribution in [0.4, 0.5) is 0 Å². The van der Waals surface area contributed by atoms with Crippen LogP contribution in [0.5, 0.6) is 0 Å². The van der Waals surface area contributed by atoms with Crippen LogP contribution < -0.4 is 10.6 Å². The maximum Gasteiger partial charge on any atom is 0.356 e. The zero-order valence-electron chi connectivity index (χ0n) is 12.8. The predicted molar refractivity (Wildman–Crippen MR) is 86.0 cm³/mol. The number of aromatic nitrogens is 2. The van der Waals surface area contributed by atoms with Crippen LogP contribution in [0, 0.1) is 0 Å². The summed E-state index contributed by atoms with van der Waals surface area (Å²) in [6, 6.07) is 1.82. The van der Waals surface area contributed by atoms with Crippen molar-refractivity contribution in [2.24, 2.45) is 0 Å². The molecule has 1 fully saturated rings. The molecule has 0 saturated carbocycles. The molecule has 8 nitrogen and oxygen atoms in total. The van der Waals surface area contributed by atoms with E-state index in [1.165, 1.54) is 6.07 Å². The van der Waals surface area contributed by atoms with E-state index in [9.17, 15) is 9.59 Å². The summed E-state index contributed by atoms with van der Waals surface area (Å²) in [5.41, 5.74) is 0.776. The summed E-state index contributed by atoms with van der Waals surface area (Å²) in [6.07, 6.45) is 1.22. The number of carbonyl (C=O) groups is 2. The second kappa shape index (κ2) is 6.15. The Balaban J connectivity index is 1.62. The molecule has 124 valence electrons. The van der Waals surface area contributed by atoms with E-state index >= 15 is 0 Å². The smallest absolute Gasteiger partial charge is 0.356 e. The number of hydrogen-bond donors (Lipinski definition) is 3. The standard InChI is InChI=1S/C14H19N5O3S/c1-8-4-9(16-14(23)15-8)5-12(20)18-2-3-19-10(7-18)6-11(17-19)13(21)22/h6,8-9H,2-5,7H2,1H3,(H,21,22)(H2,15,16,23)/t8-,9+/m1/s1. The number of carbonyl (C=O) groups excluding carboxylic acids is 1. The van der Waals surface area contributed by atoms with E-state index in [0.29, 0.717) is 31.2 Å². The lowest BCUT2D eigenvalue weighted by molar-refractivity contribution is -0.133. The Hall–Kier alpha value is -2.16. The van der Waals surface area contributed by atoms with Gasteiger partial charge in [0.15, 0.2) is 10.8 Å². The van der Waals surface area contributed by atoms with Crippen LogP contribution in [0.15, 0.2) is 6.07 Å². The highest BCUT2D eigenvalue weighted by atomic mass is 32.1. The highest BCUT2D eigenvalue weighted by Crippen LogP contribution is 2.16. The van der Waals surface area contributed by atoms with Gasteiger partial charge in [-0.05, 0) is 31.6 Å².